The van der Waals surface area contributed by atoms with E-state index in [1.54, 1.807) is 13.0 Å². The summed E-state index contributed by atoms with van der Waals surface area (Å²) in [4.78, 5) is 30.8. The van der Waals surface area contributed by atoms with Gasteiger partial charge in [0.2, 0.25) is 0 Å². The summed E-state index contributed by atoms with van der Waals surface area (Å²) >= 11 is 0. The Balaban J connectivity index is -0.000000256. The fourth-order valence-electron chi connectivity index (χ4n) is 0.446. The maximum Gasteiger partial charge on any atom is 0.332 e. The minimum Gasteiger partial charge on any atom is -0.466 e. The van der Waals surface area contributed by atoms with Crippen molar-refractivity contribution in [2.75, 3.05) is 21.3 Å². The van der Waals surface area contributed by atoms with Crippen molar-refractivity contribution in [3.05, 3.63) is 37.0 Å². The molecule has 21 heavy (non-hydrogen) atoms. The van der Waals surface area contributed by atoms with Gasteiger partial charge in [0, 0.05) is 23.8 Å². The molecule has 0 bridgehead atoms. The molecule has 0 amide bonds. The predicted molar refractivity (Wildman–Crippen MR) is 75.8 cm³/mol. The molecule has 7 nitrogen and oxygen atoms in total. The topological polar surface area (TPSA) is 103 Å². The van der Waals surface area contributed by atoms with Gasteiger partial charge in [-0.25, -0.2) is 14.4 Å². The van der Waals surface area contributed by atoms with Crippen LogP contribution in [0.3, 0.4) is 0 Å². The summed E-state index contributed by atoms with van der Waals surface area (Å²) < 4.78 is 12.7. The summed E-state index contributed by atoms with van der Waals surface area (Å²) in [6, 6.07) is 1.69. The van der Waals surface area contributed by atoms with E-state index >= 15 is 0 Å². The summed E-state index contributed by atoms with van der Waals surface area (Å²) in [5.41, 5.74) is 0.433. The van der Waals surface area contributed by atoms with E-state index in [-0.39, 0.29) is 5.97 Å². The van der Waals surface area contributed by atoms with E-state index < -0.39 is 11.9 Å². The first-order valence-corrected chi connectivity index (χ1v) is 5.38. The van der Waals surface area contributed by atoms with Crippen LogP contribution in [0.2, 0.25) is 0 Å². The number of esters is 3. The second-order valence-corrected chi connectivity index (χ2v) is 2.98. The van der Waals surface area contributed by atoms with Gasteiger partial charge in [0.25, 0.3) is 0 Å². The van der Waals surface area contributed by atoms with E-state index in [1.165, 1.54) is 27.4 Å². The average Bonchev–Trinajstić information content (AvgIpc) is 2.51. The number of ether oxygens (including phenoxy) is 3. The van der Waals surface area contributed by atoms with Crippen LogP contribution in [0.1, 0.15) is 6.92 Å². The van der Waals surface area contributed by atoms with E-state index in [0.29, 0.717) is 5.57 Å². The molecule has 0 aliphatic heterocycles. The first-order chi connectivity index (χ1) is 9.80. The molecule has 7 heteroatoms. The molecule has 0 unspecified atom stereocenters. The first-order valence-electron chi connectivity index (χ1n) is 5.38. The zero-order valence-corrected chi connectivity index (χ0v) is 12.5. The van der Waals surface area contributed by atoms with E-state index in [2.05, 4.69) is 27.4 Å². The lowest BCUT2D eigenvalue weighted by Gasteiger charge is -1.91. The van der Waals surface area contributed by atoms with Crippen LogP contribution in [-0.2, 0) is 28.6 Å². The maximum atomic E-state index is 10.3. The number of rotatable bonds is 3. The minimum absolute atomic E-state index is 0.347. The van der Waals surface area contributed by atoms with Gasteiger partial charge < -0.3 is 14.2 Å². The van der Waals surface area contributed by atoms with Crippen molar-refractivity contribution >= 4 is 17.9 Å². The molecular formula is C14H19NO6. The second-order valence-electron chi connectivity index (χ2n) is 2.98. The van der Waals surface area contributed by atoms with Gasteiger partial charge in [0.05, 0.1) is 27.4 Å². The molecule has 0 aromatic carbocycles. The summed E-state index contributed by atoms with van der Waals surface area (Å²) in [7, 11) is 3.78. The molecule has 0 radical (unpaired) electrons. The molecule has 0 N–H and O–H groups in total. The van der Waals surface area contributed by atoms with Crippen molar-refractivity contribution in [2.24, 2.45) is 0 Å². The second kappa shape index (κ2) is 17.1. The van der Waals surface area contributed by atoms with Gasteiger partial charge in [-0.15, -0.1) is 0 Å². The van der Waals surface area contributed by atoms with Gasteiger partial charge in [-0.2, -0.15) is 5.26 Å². The molecule has 0 saturated carbocycles. The highest BCUT2D eigenvalue weighted by molar-refractivity contribution is 5.91. The molecule has 0 aliphatic rings. The number of hydrogen-bond acceptors (Lipinski definition) is 7. The van der Waals surface area contributed by atoms with Gasteiger partial charge in [0.1, 0.15) is 0 Å². The number of nitriles is 1. The van der Waals surface area contributed by atoms with Crippen LogP contribution < -0.4 is 0 Å². The molecule has 0 rings (SSSR count). The fourth-order valence-corrected chi connectivity index (χ4v) is 0.446. The van der Waals surface area contributed by atoms with Crippen LogP contribution in [0.15, 0.2) is 37.0 Å². The van der Waals surface area contributed by atoms with Crippen LogP contribution in [0.4, 0.5) is 0 Å². The molecule has 0 aromatic heterocycles. The Morgan fingerprint density at radius 3 is 1.43 bits per heavy atom. The quantitative estimate of drug-likeness (QED) is 0.335. The Hall–Kier alpha value is -2.88. The summed E-state index contributed by atoms with van der Waals surface area (Å²) in [5.74, 6) is -1.50. The largest absolute Gasteiger partial charge is 0.466 e. The first kappa shape index (κ1) is 23.2. The van der Waals surface area contributed by atoms with Crippen LogP contribution in [0.5, 0.6) is 0 Å². The molecule has 0 spiro atoms. The molecule has 0 fully saturated rings. The molecule has 116 valence electrons. The average molecular weight is 297 g/mol. The van der Waals surface area contributed by atoms with E-state index in [9.17, 15) is 14.4 Å². The predicted octanol–water partition coefficient (Wildman–Crippen LogP) is 1.32. The molecule has 0 saturated heterocycles. The lowest BCUT2D eigenvalue weighted by Crippen LogP contribution is -1.98. The van der Waals surface area contributed by atoms with Crippen molar-refractivity contribution in [2.45, 2.75) is 6.92 Å². The number of nitrogens with zero attached hydrogens (tertiary/aromatic N) is 1. The lowest BCUT2D eigenvalue weighted by molar-refractivity contribution is -0.137. The molecular weight excluding hydrogens is 278 g/mol. The van der Waals surface area contributed by atoms with Crippen molar-refractivity contribution < 1.29 is 28.6 Å². The Bertz CT molecular complexity index is 413. The third-order valence-corrected chi connectivity index (χ3v) is 1.38. The van der Waals surface area contributed by atoms with Gasteiger partial charge in [0.15, 0.2) is 0 Å². The van der Waals surface area contributed by atoms with Crippen LogP contribution in [-0.4, -0.2) is 39.2 Å². The molecule has 0 aromatic rings. The standard InChI is InChI=1S/C6H8O4.C5H8O2.C3H3N/c1-9-5(7)3-4-6(8)10-2;1-4(2)5(6)7-3;1-2-3-4/h3-4H,1-2H3;1H2,2-3H3;2H,1H2/b4-3-;;. The molecule has 0 aliphatic carbocycles. The number of hydrogen-bond donors (Lipinski definition) is 0. The Morgan fingerprint density at radius 1 is 1.00 bits per heavy atom. The third-order valence-electron chi connectivity index (χ3n) is 1.38. The monoisotopic (exact) mass is 297 g/mol. The van der Waals surface area contributed by atoms with Gasteiger partial charge in [-0.05, 0) is 6.92 Å². The number of methoxy groups -OCH3 is 3. The summed E-state index contributed by atoms with van der Waals surface area (Å²) in [6.45, 7) is 8.07. The van der Waals surface area contributed by atoms with Crippen molar-refractivity contribution in [3.8, 4) is 6.07 Å². The SMILES string of the molecule is C=C(C)C(=O)OC.C=CC#N.COC(=O)/C=C\C(=O)OC. The number of allylic oxidation sites excluding steroid dienone is 1. The normalized spacial score (nSPS) is 7.76. The fraction of sp³-hybridized carbons (Fsp3) is 0.286. The van der Waals surface area contributed by atoms with Gasteiger partial charge >= 0.3 is 17.9 Å². The molecule has 0 atom stereocenters. The number of carbonyl (C=O) groups excluding carboxylic acids is 3. The third kappa shape index (κ3) is 22.7. The highest BCUT2D eigenvalue weighted by Crippen LogP contribution is 1.87. The van der Waals surface area contributed by atoms with E-state index in [1.807, 2.05) is 0 Å². The van der Waals surface area contributed by atoms with Crippen molar-refractivity contribution in [3.63, 3.8) is 0 Å². The van der Waals surface area contributed by atoms with E-state index in [4.69, 9.17) is 5.26 Å². The van der Waals surface area contributed by atoms with Crippen LogP contribution in [0.25, 0.3) is 0 Å². The minimum atomic E-state index is -0.578. The summed E-state index contributed by atoms with van der Waals surface area (Å²) in [5, 5.41) is 7.51. The van der Waals surface area contributed by atoms with Crippen LogP contribution in [0, 0.1) is 11.3 Å². The van der Waals surface area contributed by atoms with Gasteiger partial charge in [-0.1, -0.05) is 13.2 Å². The molecule has 0 heterocycles. The van der Waals surface area contributed by atoms with E-state index in [0.717, 1.165) is 12.2 Å². The highest BCUT2D eigenvalue weighted by atomic mass is 16.5. The van der Waals surface area contributed by atoms with Crippen molar-refractivity contribution in [1.82, 2.24) is 0 Å². The number of carbonyl (C=O) groups is 3. The van der Waals surface area contributed by atoms with Crippen LogP contribution >= 0.6 is 0 Å². The maximum absolute atomic E-state index is 10.3. The Kier molecular flexibility index (Phi) is 18.9. The Morgan fingerprint density at radius 2 is 1.33 bits per heavy atom. The zero-order chi connectivity index (χ0) is 17.3. The Labute approximate surface area is 124 Å². The smallest absolute Gasteiger partial charge is 0.332 e. The summed E-state index contributed by atoms with van der Waals surface area (Å²) in [6.07, 6.45) is 3.16. The van der Waals surface area contributed by atoms with Crippen molar-refractivity contribution in [1.29, 1.82) is 5.26 Å². The van der Waals surface area contributed by atoms with Gasteiger partial charge in [-0.3, -0.25) is 0 Å². The highest BCUT2D eigenvalue weighted by Gasteiger charge is 1.95. The zero-order valence-electron chi connectivity index (χ0n) is 12.5. The lowest BCUT2D eigenvalue weighted by atomic mass is 10.4.